The number of hydrogen-bond donors (Lipinski definition) is 1. The molecule has 0 aliphatic carbocycles. The summed E-state index contributed by atoms with van der Waals surface area (Å²) in [5, 5.41) is 3.13. The maximum absolute atomic E-state index is 13.4. The first-order valence-corrected chi connectivity index (χ1v) is 12.0. The Bertz CT molecular complexity index is 1460. The molecule has 0 saturated carbocycles. The molecule has 8 heteroatoms. The van der Waals surface area contributed by atoms with E-state index in [0.717, 1.165) is 5.56 Å². The molecular weight excluding hydrogens is 474 g/mol. The summed E-state index contributed by atoms with van der Waals surface area (Å²) in [4.78, 5) is 26.1. The summed E-state index contributed by atoms with van der Waals surface area (Å²) in [5.74, 6) is 2.57. The van der Waals surface area contributed by atoms with Gasteiger partial charge in [-0.2, -0.15) is 0 Å². The van der Waals surface area contributed by atoms with Crippen LogP contribution >= 0.6 is 0 Å². The number of carbonyl (C=O) groups is 1. The molecule has 2 heterocycles. The number of ether oxygens (including phenoxy) is 3. The van der Waals surface area contributed by atoms with Gasteiger partial charge < -0.3 is 28.4 Å². The third kappa shape index (κ3) is 5.33. The maximum atomic E-state index is 13.4. The van der Waals surface area contributed by atoms with E-state index in [4.69, 9.17) is 23.0 Å². The van der Waals surface area contributed by atoms with Gasteiger partial charge in [-0.3, -0.25) is 9.59 Å². The van der Waals surface area contributed by atoms with Crippen LogP contribution in [-0.4, -0.2) is 27.2 Å². The second-order valence-electron chi connectivity index (χ2n) is 9.10. The molecule has 194 valence electrons. The molecule has 0 fully saturated rings. The summed E-state index contributed by atoms with van der Waals surface area (Å²) >= 11 is 0. The molecule has 1 unspecified atom stereocenters. The number of carbonyl (C=O) groups excluding carboxylic acids is 1. The Balaban J connectivity index is 1.71. The average Bonchev–Trinajstić information content (AvgIpc) is 3.24. The smallest absolute Gasteiger partial charge is 0.228 e. The standard InChI is InChI=1S/C29H31NO7/c1-16(2)26(19-9-12-23(34-5)24(14-19)35-6)30-25(32)15-21-27(18-7-10-20(33-4)11-8-18)37-29-22(31)13-17(3)36-28(21)29/h7-14,16,26H,15H2,1-6H3,(H,30,32). The highest BCUT2D eigenvalue weighted by Crippen LogP contribution is 2.35. The highest BCUT2D eigenvalue weighted by Gasteiger charge is 2.25. The quantitative estimate of drug-likeness (QED) is 0.323. The lowest BCUT2D eigenvalue weighted by Gasteiger charge is -2.24. The zero-order chi connectivity index (χ0) is 26.7. The molecule has 4 rings (SSSR count). The van der Waals surface area contributed by atoms with Gasteiger partial charge in [0.15, 0.2) is 17.1 Å². The second-order valence-corrected chi connectivity index (χ2v) is 9.10. The summed E-state index contributed by atoms with van der Waals surface area (Å²) < 4.78 is 27.9. The van der Waals surface area contributed by atoms with Crippen LogP contribution < -0.4 is 25.0 Å². The highest BCUT2D eigenvalue weighted by molar-refractivity contribution is 5.90. The molecule has 0 radical (unpaired) electrons. The number of fused-ring (bicyclic) bond motifs is 1. The third-order valence-corrected chi connectivity index (χ3v) is 6.22. The Labute approximate surface area is 215 Å². The molecule has 37 heavy (non-hydrogen) atoms. The molecule has 4 aromatic rings. The number of benzene rings is 2. The van der Waals surface area contributed by atoms with Crippen molar-refractivity contribution >= 4 is 17.1 Å². The lowest BCUT2D eigenvalue weighted by atomic mass is 9.95. The maximum Gasteiger partial charge on any atom is 0.228 e. The number of methoxy groups -OCH3 is 3. The van der Waals surface area contributed by atoms with E-state index in [1.54, 1.807) is 40.4 Å². The van der Waals surface area contributed by atoms with E-state index >= 15 is 0 Å². The first-order chi connectivity index (χ1) is 17.7. The molecule has 1 amide bonds. The van der Waals surface area contributed by atoms with Crippen LogP contribution in [-0.2, 0) is 11.2 Å². The monoisotopic (exact) mass is 505 g/mol. The van der Waals surface area contributed by atoms with Gasteiger partial charge in [0.25, 0.3) is 0 Å². The highest BCUT2D eigenvalue weighted by atomic mass is 16.5. The Morgan fingerprint density at radius 2 is 1.59 bits per heavy atom. The van der Waals surface area contributed by atoms with Gasteiger partial charge in [0.2, 0.25) is 16.9 Å². The van der Waals surface area contributed by atoms with Gasteiger partial charge in [0.05, 0.1) is 39.4 Å². The van der Waals surface area contributed by atoms with E-state index in [1.807, 2.05) is 44.2 Å². The Kier molecular flexibility index (Phi) is 7.57. The summed E-state index contributed by atoms with van der Waals surface area (Å²) in [7, 11) is 4.74. The van der Waals surface area contributed by atoms with Gasteiger partial charge in [0, 0.05) is 11.6 Å². The number of nitrogens with one attached hydrogen (secondary N) is 1. The molecule has 0 aliphatic rings. The molecule has 1 N–H and O–H groups in total. The first-order valence-electron chi connectivity index (χ1n) is 12.0. The minimum Gasteiger partial charge on any atom is -0.497 e. The number of furan rings is 1. The first kappa shape index (κ1) is 25.9. The zero-order valence-electron chi connectivity index (χ0n) is 21.8. The molecule has 0 bridgehead atoms. The molecular formula is C29H31NO7. The molecule has 0 spiro atoms. The van der Waals surface area contributed by atoms with E-state index in [1.165, 1.54) is 6.07 Å². The van der Waals surface area contributed by atoms with Crippen LogP contribution in [0, 0.1) is 12.8 Å². The van der Waals surface area contributed by atoms with Gasteiger partial charge in [0.1, 0.15) is 17.3 Å². The van der Waals surface area contributed by atoms with E-state index in [-0.39, 0.29) is 40.9 Å². The average molecular weight is 506 g/mol. The molecule has 8 nitrogen and oxygen atoms in total. The van der Waals surface area contributed by atoms with Crippen LogP contribution in [0.1, 0.15) is 36.8 Å². The SMILES string of the molecule is COc1ccc(-c2oc3c(=O)cc(C)oc3c2CC(=O)NC(c2ccc(OC)c(OC)c2)C(C)C)cc1. The molecule has 2 aromatic heterocycles. The van der Waals surface area contributed by atoms with Crippen LogP contribution in [0.5, 0.6) is 17.2 Å². The topological polar surface area (TPSA) is 100 Å². The molecule has 0 aliphatic heterocycles. The van der Waals surface area contributed by atoms with Crippen LogP contribution in [0.3, 0.4) is 0 Å². The largest absolute Gasteiger partial charge is 0.497 e. The fourth-order valence-corrected chi connectivity index (χ4v) is 4.36. The second kappa shape index (κ2) is 10.8. The predicted octanol–water partition coefficient (Wildman–Crippen LogP) is 5.44. The minimum atomic E-state index is -0.300. The van der Waals surface area contributed by atoms with Crippen molar-refractivity contribution in [2.45, 2.75) is 33.2 Å². The fourth-order valence-electron chi connectivity index (χ4n) is 4.36. The summed E-state index contributed by atoms with van der Waals surface area (Å²) in [6, 6.07) is 13.9. The van der Waals surface area contributed by atoms with Crippen LogP contribution in [0.15, 0.2) is 62.2 Å². The van der Waals surface area contributed by atoms with Crippen LogP contribution in [0.25, 0.3) is 22.5 Å². The van der Waals surface area contributed by atoms with Crippen molar-refractivity contribution in [3.8, 4) is 28.6 Å². The van der Waals surface area contributed by atoms with Gasteiger partial charge in [-0.15, -0.1) is 0 Å². The number of amides is 1. The number of hydrogen-bond acceptors (Lipinski definition) is 7. The third-order valence-electron chi connectivity index (χ3n) is 6.22. The molecule has 0 saturated heterocycles. The predicted molar refractivity (Wildman–Crippen MR) is 140 cm³/mol. The van der Waals surface area contributed by atoms with Gasteiger partial charge in [-0.05, 0) is 54.8 Å². The number of rotatable bonds is 9. The summed E-state index contributed by atoms with van der Waals surface area (Å²) in [6.07, 6.45) is -0.0444. The van der Waals surface area contributed by atoms with Crippen molar-refractivity contribution in [1.82, 2.24) is 5.32 Å². The Morgan fingerprint density at radius 1 is 0.892 bits per heavy atom. The normalized spacial score (nSPS) is 12.0. The van der Waals surface area contributed by atoms with E-state index in [9.17, 15) is 9.59 Å². The van der Waals surface area contributed by atoms with E-state index in [0.29, 0.717) is 39.9 Å². The lowest BCUT2D eigenvalue weighted by Crippen LogP contribution is -2.33. The Hall–Kier alpha value is -4.20. The summed E-state index contributed by atoms with van der Waals surface area (Å²) in [6.45, 7) is 5.75. The fraction of sp³-hybridized carbons (Fsp3) is 0.310. The zero-order valence-corrected chi connectivity index (χ0v) is 21.8. The van der Waals surface area contributed by atoms with Crippen molar-refractivity contribution in [2.75, 3.05) is 21.3 Å². The van der Waals surface area contributed by atoms with Crippen molar-refractivity contribution < 1.29 is 27.8 Å². The van der Waals surface area contributed by atoms with Crippen molar-refractivity contribution in [2.24, 2.45) is 5.92 Å². The molecule has 1 atom stereocenters. The Morgan fingerprint density at radius 3 is 2.22 bits per heavy atom. The van der Waals surface area contributed by atoms with Gasteiger partial charge in [-0.25, -0.2) is 0 Å². The summed E-state index contributed by atoms with van der Waals surface area (Å²) in [5.41, 5.74) is 2.15. The number of aryl methyl sites for hydroxylation is 1. The molecule has 2 aromatic carbocycles. The van der Waals surface area contributed by atoms with Crippen molar-refractivity contribution in [3.05, 3.63) is 75.6 Å². The van der Waals surface area contributed by atoms with Crippen molar-refractivity contribution in [3.63, 3.8) is 0 Å². The lowest BCUT2D eigenvalue weighted by molar-refractivity contribution is -0.121. The van der Waals surface area contributed by atoms with E-state index < -0.39 is 0 Å². The van der Waals surface area contributed by atoms with Crippen LogP contribution in [0.2, 0.25) is 0 Å². The van der Waals surface area contributed by atoms with E-state index in [2.05, 4.69) is 5.32 Å². The van der Waals surface area contributed by atoms with Gasteiger partial charge >= 0.3 is 0 Å². The van der Waals surface area contributed by atoms with Crippen LogP contribution in [0.4, 0.5) is 0 Å². The van der Waals surface area contributed by atoms with Gasteiger partial charge in [-0.1, -0.05) is 19.9 Å². The minimum absolute atomic E-state index is 0.0444. The van der Waals surface area contributed by atoms with Crippen molar-refractivity contribution in [1.29, 1.82) is 0 Å².